The number of halogens is 2. The molecule has 2 amide bonds. The molecule has 14 heteroatoms. The van der Waals surface area contributed by atoms with E-state index in [1.807, 2.05) is 0 Å². The Labute approximate surface area is 248 Å². The highest BCUT2D eigenvalue weighted by molar-refractivity contribution is 5.79. The van der Waals surface area contributed by atoms with Crippen LogP contribution in [0, 0.1) is 28.9 Å². The van der Waals surface area contributed by atoms with Gasteiger partial charge in [-0.15, -0.1) is 0 Å². The largest absolute Gasteiger partial charge is 0.493 e. The van der Waals surface area contributed by atoms with Crippen molar-refractivity contribution in [2.45, 2.75) is 62.9 Å². The quantitative estimate of drug-likeness (QED) is 0.132. The summed E-state index contributed by atoms with van der Waals surface area (Å²) in [5, 5.41) is 59.6. The van der Waals surface area contributed by atoms with E-state index in [0.717, 1.165) is 44.2 Å². The second kappa shape index (κ2) is 14.4. The van der Waals surface area contributed by atoms with Gasteiger partial charge in [-0.25, -0.2) is 13.6 Å². The van der Waals surface area contributed by atoms with Crippen LogP contribution in [0.15, 0.2) is 12.1 Å². The van der Waals surface area contributed by atoms with Crippen molar-refractivity contribution < 1.29 is 53.7 Å². The standard InChI is InChI=1S/C29H43F2N3O9/c30-21-8-19(43-7-1-2-18-11-29(18)3-5-33(6-4-29)28(41)42)9-22(31)20(21)10-25(38)34-14-17(15-34)12-32-13-23(36)26(39)27(40)24(37)16-35/h8-9,17-18,23-24,26-27,32,35-37,39-40H,1-7,10-16H2,(H,41,42)/t18?,23-,24+,26+,27+/m0/s1. The summed E-state index contributed by atoms with van der Waals surface area (Å²) >= 11 is 0. The van der Waals surface area contributed by atoms with Gasteiger partial charge in [-0.05, 0) is 43.4 Å². The summed E-state index contributed by atoms with van der Waals surface area (Å²) in [6.45, 7) is 1.64. The number of hydrogen-bond acceptors (Lipinski definition) is 9. The minimum absolute atomic E-state index is 0.0230. The summed E-state index contributed by atoms with van der Waals surface area (Å²) in [5.41, 5.74) is -0.0964. The first-order valence-electron chi connectivity index (χ1n) is 14.8. The third kappa shape index (κ3) is 8.31. The van der Waals surface area contributed by atoms with E-state index in [4.69, 9.17) is 14.9 Å². The lowest BCUT2D eigenvalue weighted by Crippen LogP contribution is -2.55. The molecule has 1 aliphatic carbocycles. The van der Waals surface area contributed by atoms with E-state index >= 15 is 0 Å². The zero-order valence-corrected chi connectivity index (χ0v) is 24.1. The summed E-state index contributed by atoms with van der Waals surface area (Å²) in [6.07, 6.45) is -3.20. The maximum atomic E-state index is 14.7. The molecule has 2 heterocycles. The van der Waals surface area contributed by atoms with Crippen molar-refractivity contribution in [3.63, 3.8) is 0 Å². The highest BCUT2D eigenvalue weighted by Crippen LogP contribution is 2.61. The van der Waals surface area contributed by atoms with Crippen LogP contribution in [0.2, 0.25) is 0 Å². The van der Waals surface area contributed by atoms with Gasteiger partial charge in [-0.2, -0.15) is 0 Å². The minimum atomic E-state index is -1.71. The molecule has 2 saturated heterocycles. The number of benzene rings is 1. The molecule has 5 atom stereocenters. The summed E-state index contributed by atoms with van der Waals surface area (Å²) in [6, 6.07) is 2.18. The number of aliphatic hydroxyl groups is 5. The molecule has 0 aromatic heterocycles. The maximum absolute atomic E-state index is 14.7. The topological polar surface area (TPSA) is 183 Å². The van der Waals surface area contributed by atoms with Crippen LogP contribution in [0.4, 0.5) is 13.6 Å². The summed E-state index contributed by atoms with van der Waals surface area (Å²) in [5.74, 6) is -1.52. The molecular weight excluding hydrogens is 572 g/mol. The van der Waals surface area contributed by atoms with Crippen molar-refractivity contribution in [1.29, 1.82) is 0 Å². The normalized spacial score (nSPS) is 22.5. The van der Waals surface area contributed by atoms with Crippen LogP contribution in [-0.4, -0.2) is 129 Å². The molecule has 242 valence electrons. The molecule has 3 aliphatic rings. The highest BCUT2D eigenvalue weighted by atomic mass is 19.1. The van der Waals surface area contributed by atoms with Gasteiger partial charge in [-0.1, -0.05) is 0 Å². The van der Waals surface area contributed by atoms with Crippen LogP contribution >= 0.6 is 0 Å². The van der Waals surface area contributed by atoms with E-state index in [9.17, 15) is 38.8 Å². The zero-order chi connectivity index (χ0) is 31.3. The Hall–Kier alpha value is -2.62. The SMILES string of the molecule is O=C(O)N1CCC2(CC1)CC2CCCOc1cc(F)c(CC(=O)N2CC(CNC[C@H](O)[C@@H](O)[C@H](O)[C@H](O)CO)C2)c(F)c1. The van der Waals surface area contributed by atoms with Gasteiger partial charge in [0.05, 0.1) is 25.7 Å². The third-order valence-corrected chi connectivity index (χ3v) is 9.22. The first-order chi connectivity index (χ1) is 20.4. The maximum Gasteiger partial charge on any atom is 0.407 e. The number of carboxylic acid groups (broad SMARTS) is 1. The van der Waals surface area contributed by atoms with Gasteiger partial charge in [0.25, 0.3) is 0 Å². The number of nitrogens with zero attached hydrogens (tertiary/aromatic N) is 2. The second-order valence-corrected chi connectivity index (χ2v) is 12.2. The van der Waals surface area contributed by atoms with Crippen LogP contribution < -0.4 is 10.1 Å². The van der Waals surface area contributed by atoms with Crippen molar-refractivity contribution in [1.82, 2.24) is 15.1 Å². The van der Waals surface area contributed by atoms with Gasteiger partial charge in [0.2, 0.25) is 5.91 Å². The van der Waals surface area contributed by atoms with Gasteiger partial charge in [0.15, 0.2) is 0 Å². The van der Waals surface area contributed by atoms with Gasteiger partial charge < -0.3 is 50.5 Å². The van der Waals surface area contributed by atoms with Gasteiger partial charge in [0, 0.05) is 62.9 Å². The molecule has 7 N–H and O–H groups in total. The number of piperidine rings is 1. The Kier molecular flexibility index (Phi) is 11.2. The smallest absolute Gasteiger partial charge is 0.407 e. The fourth-order valence-corrected chi connectivity index (χ4v) is 6.23. The molecule has 4 rings (SSSR count). The highest BCUT2D eigenvalue weighted by Gasteiger charge is 2.54. The van der Waals surface area contributed by atoms with Crippen molar-refractivity contribution in [2.24, 2.45) is 17.3 Å². The predicted molar refractivity (Wildman–Crippen MR) is 148 cm³/mol. The molecule has 2 aliphatic heterocycles. The van der Waals surface area contributed by atoms with Crippen LogP contribution in [0.25, 0.3) is 0 Å². The number of carbonyl (C=O) groups is 2. The molecule has 1 aromatic rings. The lowest BCUT2D eigenvalue weighted by Gasteiger charge is -2.39. The van der Waals surface area contributed by atoms with Crippen molar-refractivity contribution in [3.05, 3.63) is 29.3 Å². The number of hydrogen-bond donors (Lipinski definition) is 7. The molecule has 3 fully saturated rings. The molecule has 1 spiro atoms. The number of rotatable bonds is 15. The first kappa shape index (κ1) is 33.3. The Morgan fingerprint density at radius 3 is 2.26 bits per heavy atom. The van der Waals surface area contributed by atoms with Crippen molar-refractivity contribution >= 4 is 12.0 Å². The molecule has 1 aromatic carbocycles. The molecule has 12 nitrogen and oxygen atoms in total. The third-order valence-electron chi connectivity index (χ3n) is 9.22. The summed E-state index contributed by atoms with van der Waals surface area (Å²) in [4.78, 5) is 26.6. The number of carbonyl (C=O) groups excluding carboxylic acids is 1. The van der Waals surface area contributed by atoms with E-state index in [-0.39, 0.29) is 29.2 Å². The fourth-order valence-electron chi connectivity index (χ4n) is 6.23. The monoisotopic (exact) mass is 615 g/mol. The Balaban J connectivity index is 1.12. The van der Waals surface area contributed by atoms with Crippen molar-refractivity contribution in [2.75, 3.05) is 52.5 Å². The van der Waals surface area contributed by atoms with Crippen LogP contribution in [0.1, 0.15) is 37.7 Å². The minimum Gasteiger partial charge on any atom is -0.493 e. The summed E-state index contributed by atoms with van der Waals surface area (Å²) in [7, 11) is 0. The molecule has 0 bridgehead atoms. The van der Waals surface area contributed by atoms with E-state index < -0.39 is 61.1 Å². The molecule has 0 radical (unpaired) electrons. The molecule has 1 unspecified atom stereocenters. The van der Waals surface area contributed by atoms with Crippen LogP contribution in [0.3, 0.4) is 0 Å². The average molecular weight is 616 g/mol. The van der Waals surface area contributed by atoms with Gasteiger partial charge in [0.1, 0.15) is 35.7 Å². The second-order valence-electron chi connectivity index (χ2n) is 12.2. The van der Waals surface area contributed by atoms with Crippen molar-refractivity contribution in [3.8, 4) is 5.75 Å². The average Bonchev–Trinajstić information content (AvgIpc) is 3.63. The van der Waals surface area contributed by atoms with Gasteiger partial charge >= 0.3 is 6.09 Å². The van der Waals surface area contributed by atoms with E-state index in [1.54, 1.807) is 0 Å². The zero-order valence-electron chi connectivity index (χ0n) is 24.1. The Morgan fingerprint density at radius 2 is 1.65 bits per heavy atom. The predicted octanol–water partition coefficient (Wildman–Crippen LogP) is -0.0697. The number of aliphatic hydroxyl groups excluding tert-OH is 5. The molecule has 43 heavy (non-hydrogen) atoms. The number of amides is 2. The lowest BCUT2D eigenvalue weighted by atomic mass is 9.90. The molecular formula is C29H43F2N3O9. The Morgan fingerprint density at radius 1 is 1.02 bits per heavy atom. The van der Waals surface area contributed by atoms with Gasteiger partial charge in [-0.3, -0.25) is 4.79 Å². The fraction of sp³-hybridized carbons (Fsp3) is 0.724. The Bertz CT molecular complexity index is 1090. The lowest BCUT2D eigenvalue weighted by molar-refractivity contribution is -0.136. The summed E-state index contributed by atoms with van der Waals surface area (Å²) < 4.78 is 35.0. The number of likely N-dealkylation sites (tertiary alicyclic amines) is 2. The van der Waals surface area contributed by atoms with E-state index in [1.165, 1.54) is 9.80 Å². The first-order valence-corrected chi connectivity index (χ1v) is 14.8. The number of ether oxygens (including phenoxy) is 1. The van der Waals surface area contributed by atoms with Crippen LogP contribution in [0.5, 0.6) is 5.75 Å². The van der Waals surface area contributed by atoms with E-state index in [2.05, 4.69) is 5.32 Å². The number of nitrogens with one attached hydrogen (secondary N) is 1. The van der Waals surface area contributed by atoms with Crippen LogP contribution in [-0.2, 0) is 11.2 Å². The molecule has 1 saturated carbocycles. The van der Waals surface area contributed by atoms with E-state index in [0.29, 0.717) is 45.2 Å².